The summed E-state index contributed by atoms with van der Waals surface area (Å²) in [4.78, 5) is 20.3. The Labute approximate surface area is 125 Å². The van der Waals surface area contributed by atoms with Gasteiger partial charge in [-0.25, -0.2) is 10.1 Å². The molecule has 0 saturated heterocycles. The fourth-order valence-corrected chi connectivity index (χ4v) is 1.77. The van der Waals surface area contributed by atoms with Crippen LogP contribution in [0, 0.1) is 6.92 Å². The molecule has 0 aliphatic heterocycles. The third-order valence-electron chi connectivity index (χ3n) is 2.85. The smallest absolute Gasteiger partial charge is 0.278 e. The number of rotatable bonds is 4. The third-order valence-corrected chi connectivity index (χ3v) is 2.85. The number of hydrogen-bond donors (Lipinski definition) is 3. The SMILES string of the molecule is Cc1ccccc1Nc1cncc(C(=O)Nc2nnn[nH]2)n1. The first-order chi connectivity index (χ1) is 10.7. The standard InChI is InChI=1S/C13H12N8O/c1-8-4-2-3-5-9(8)15-11-7-14-6-10(16-11)12(22)17-13-18-20-21-19-13/h2-7H,1H3,(H,15,16)(H2,17,18,19,20,21,22). The van der Waals surface area contributed by atoms with Crippen LogP contribution in [-0.4, -0.2) is 36.5 Å². The number of benzene rings is 1. The summed E-state index contributed by atoms with van der Waals surface area (Å²) < 4.78 is 0. The Morgan fingerprint density at radius 2 is 2.09 bits per heavy atom. The number of H-pyrrole nitrogens is 1. The van der Waals surface area contributed by atoms with Crippen molar-refractivity contribution in [2.75, 3.05) is 10.6 Å². The van der Waals surface area contributed by atoms with Gasteiger partial charge in [-0.2, -0.15) is 0 Å². The summed E-state index contributed by atoms with van der Waals surface area (Å²) in [5, 5.41) is 18.3. The van der Waals surface area contributed by atoms with Crippen LogP contribution in [0.5, 0.6) is 0 Å². The van der Waals surface area contributed by atoms with Gasteiger partial charge >= 0.3 is 0 Å². The number of anilines is 3. The van der Waals surface area contributed by atoms with Crippen molar-refractivity contribution in [3.63, 3.8) is 0 Å². The molecule has 0 fully saturated rings. The molecular weight excluding hydrogens is 284 g/mol. The maximum Gasteiger partial charge on any atom is 0.278 e. The van der Waals surface area contributed by atoms with E-state index >= 15 is 0 Å². The van der Waals surface area contributed by atoms with Gasteiger partial charge < -0.3 is 5.32 Å². The van der Waals surface area contributed by atoms with Gasteiger partial charge in [0.1, 0.15) is 11.5 Å². The van der Waals surface area contributed by atoms with Crippen molar-refractivity contribution >= 4 is 23.4 Å². The van der Waals surface area contributed by atoms with E-state index in [2.05, 4.69) is 41.2 Å². The van der Waals surface area contributed by atoms with Gasteiger partial charge in [-0.05, 0) is 29.0 Å². The van der Waals surface area contributed by atoms with Gasteiger partial charge in [0.25, 0.3) is 5.91 Å². The molecule has 3 rings (SSSR count). The second kappa shape index (κ2) is 5.95. The Morgan fingerprint density at radius 3 is 2.86 bits per heavy atom. The van der Waals surface area contributed by atoms with Crippen molar-refractivity contribution in [3.8, 4) is 0 Å². The summed E-state index contributed by atoms with van der Waals surface area (Å²) in [6.45, 7) is 1.98. The summed E-state index contributed by atoms with van der Waals surface area (Å²) in [7, 11) is 0. The Kier molecular flexibility index (Phi) is 3.69. The number of nitrogens with zero attached hydrogens (tertiary/aromatic N) is 5. The fourth-order valence-electron chi connectivity index (χ4n) is 1.77. The highest BCUT2D eigenvalue weighted by molar-refractivity contribution is 6.01. The van der Waals surface area contributed by atoms with E-state index in [1.807, 2.05) is 31.2 Å². The minimum Gasteiger partial charge on any atom is -0.339 e. The lowest BCUT2D eigenvalue weighted by atomic mass is 10.2. The highest BCUT2D eigenvalue weighted by atomic mass is 16.2. The molecule has 3 N–H and O–H groups in total. The number of amides is 1. The van der Waals surface area contributed by atoms with E-state index < -0.39 is 5.91 Å². The van der Waals surface area contributed by atoms with Gasteiger partial charge in [-0.15, -0.1) is 0 Å². The molecule has 0 unspecified atom stereocenters. The van der Waals surface area contributed by atoms with Crippen LogP contribution in [-0.2, 0) is 0 Å². The average molecular weight is 296 g/mol. The van der Waals surface area contributed by atoms with E-state index in [-0.39, 0.29) is 11.6 Å². The van der Waals surface area contributed by atoms with Crippen LogP contribution in [0.25, 0.3) is 0 Å². The lowest BCUT2D eigenvalue weighted by Crippen LogP contribution is -2.15. The third kappa shape index (κ3) is 3.03. The maximum atomic E-state index is 12.0. The van der Waals surface area contributed by atoms with Gasteiger partial charge in [-0.1, -0.05) is 23.3 Å². The van der Waals surface area contributed by atoms with E-state index in [4.69, 9.17) is 0 Å². The number of hydrogen-bond acceptors (Lipinski definition) is 7. The normalized spacial score (nSPS) is 10.2. The Hall–Kier alpha value is -3.36. The number of tetrazole rings is 1. The summed E-state index contributed by atoms with van der Waals surface area (Å²) in [6, 6.07) is 7.75. The molecule has 110 valence electrons. The van der Waals surface area contributed by atoms with Crippen LogP contribution < -0.4 is 10.6 Å². The molecule has 2 aromatic heterocycles. The monoisotopic (exact) mass is 296 g/mol. The summed E-state index contributed by atoms with van der Waals surface area (Å²) in [6.07, 6.45) is 2.90. The number of carbonyl (C=O) groups excluding carboxylic acids is 1. The average Bonchev–Trinajstić information content (AvgIpc) is 3.03. The number of para-hydroxylation sites is 1. The maximum absolute atomic E-state index is 12.0. The van der Waals surface area contributed by atoms with Gasteiger partial charge in [0.05, 0.1) is 12.4 Å². The van der Waals surface area contributed by atoms with Crippen molar-refractivity contribution < 1.29 is 4.79 Å². The molecule has 0 bridgehead atoms. The van der Waals surface area contributed by atoms with E-state index in [0.717, 1.165) is 11.3 Å². The summed E-state index contributed by atoms with van der Waals surface area (Å²) >= 11 is 0. The molecule has 1 amide bonds. The number of nitrogens with one attached hydrogen (secondary N) is 3. The van der Waals surface area contributed by atoms with Crippen LogP contribution in [0.4, 0.5) is 17.5 Å². The molecule has 9 heteroatoms. The molecule has 0 aliphatic carbocycles. The van der Waals surface area contributed by atoms with Crippen LogP contribution in [0.15, 0.2) is 36.7 Å². The summed E-state index contributed by atoms with van der Waals surface area (Å²) in [5.41, 5.74) is 2.11. The minimum absolute atomic E-state index is 0.143. The first-order valence-electron chi connectivity index (χ1n) is 6.42. The molecule has 1 aromatic carbocycles. The second-order valence-corrected chi connectivity index (χ2v) is 4.43. The van der Waals surface area contributed by atoms with Crippen molar-refractivity contribution in [3.05, 3.63) is 47.9 Å². The van der Waals surface area contributed by atoms with E-state index in [1.54, 1.807) is 6.20 Å². The van der Waals surface area contributed by atoms with Gasteiger partial charge in [0, 0.05) is 5.69 Å². The van der Waals surface area contributed by atoms with Crippen LogP contribution in [0.2, 0.25) is 0 Å². The highest BCUT2D eigenvalue weighted by Crippen LogP contribution is 2.18. The first kappa shape index (κ1) is 13.6. The molecule has 0 saturated carbocycles. The molecular formula is C13H12N8O. The number of aromatic amines is 1. The van der Waals surface area contributed by atoms with Crippen molar-refractivity contribution in [2.45, 2.75) is 6.92 Å². The fraction of sp³-hybridized carbons (Fsp3) is 0.0769. The van der Waals surface area contributed by atoms with Crippen molar-refractivity contribution in [1.82, 2.24) is 30.6 Å². The second-order valence-electron chi connectivity index (χ2n) is 4.43. The molecule has 9 nitrogen and oxygen atoms in total. The predicted molar refractivity (Wildman–Crippen MR) is 78.6 cm³/mol. The van der Waals surface area contributed by atoms with Crippen LogP contribution >= 0.6 is 0 Å². The van der Waals surface area contributed by atoms with Crippen LogP contribution in [0.1, 0.15) is 16.1 Å². The van der Waals surface area contributed by atoms with E-state index in [1.165, 1.54) is 6.20 Å². The Bertz CT molecular complexity index is 786. The Balaban J connectivity index is 1.78. The molecule has 0 radical (unpaired) electrons. The lowest BCUT2D eigenvalue weighted by Gasteiger charge is -2.09. The molecule has 2 heterocycles. The quantitative estimate of drug-likeness (QED) is 0.663. The van der Waals surface area contributed by atoms with Gasteiger partial charge in [0.15, 0.2) is 0 Å². The van der Waals surface area contributed by atoms with Gasteiger partial charge in [0.2, 0.25) is 5.95 Å². The molecule has 3 aromatic rings. The molecule has 0 spiro atoms. The van der Waals surface area contributed by atoms with Crippen molar-refractivity contribution in [2.24, 2.45) is 0 Å². The largest absolute Gasteiger partial charge is 0.339 e. The first-order valence-corrected chi connectivity index (χ1v) is 6.42. The van der Waals surface area contributed by atoms with Crippen molar-refractivity contribution in [1.29, 1.82) is 0 Å². The minimum atomic E-state index is -0.459. The lowest BCUT2D eigenvalue weighted by molar-refractivity contribution is 0.102. The zero-order valence-corrected chi connectivity index (χ0v) is 11.6. The van der Waals surface area contributed by atoms with Crippen LogP contribution in [0.3, 0.4) is 0 Å². The molecule has 22 heavy (non-hydrogen) atoms. The van der Waals surface area contributed by atoms with E-state index in [0.29, 0.717) is 5.82 Å². The van der Waals surface area contributed by atoms with Gasteiger partial charge in [-0.3, -0.25) is 15.1 Å². The number of carbonyl (C=O) groups is 1. The number of aromatic nitrogens is 6. The molecule has 0 atom stereocenters. The number of aryl methyl sites for hydroxylation is 1. The highest BCUT2D eigenvalue weighted by Gasteiger charge is 2.11. The van der Waals surface area contributed by atoms with E-state index in [9.17, 15) is 4.79 Å². The molecule has 0 aliphatic rings. The zero-order valence-electron chi connectivity index (χ0n) is 11.6. The summed E-state index contributed by atoms with van der Waals surface area (Å²) in [5.74, 6) is 0.154. The predicted octanol–water partition coefficient (Wildman–Crippen LogP) is 1.29. The topological polar surface area (TPSA) is 121 Å². The zero-order chi connectivity index (χ0) is 15.4. The Morgan fingerprint density at radius 1 is 1.23 bits per heavy atom.